The zero-order valence-corrected chi connectivity index (χ0v) is 13.7. The topological polar surface area (TPSA) is 57.6 Å². The number of amides is 1. The van der Waals surface area contributed by atoms with E-state index in [0.717, 1.165) is 6.07 Å². The summed E-state index contributed by atoms with van der Waals surface area (Å²) < 4.78 is 40.6. The van der Waals surface area contributed by atoms with E-state index in [9.17, 15) is 18.0 Å². The summed E-state index contributed by atoms with van der Waals surface area (Å²) in [5.41, 5.74) is 1.78. The number of nitrogens with one attached hydrogen (secondary N) is 1. The smallest absolute Gasteiger partial charge is 0.348 e. The van der Waals surface area contributed by atoms with Crippen molar-refractivity contribution in [1.82, 2.24) is 15.3 Å². The molecule has 9 heteroatoms. The Morgan fingerprint density at radius 1 is 1.24 bits per heavy atom. The molecule has 5 nitrogen and oxygen atoms in total. The standard InChI is InChI=1S/C16H12ClF3N4O/c1-24-8-14(25)22-23-15(24)9-2-4-11(12(6-9)16(18,19)20)13-5-3-10(17)7-21-13/h2-7H,8H2,1H3,(H,22,25). The average Bonchev–Trinajstić information content (AvgIpc) is 2.54. The van der Waals surface area contributed by atoms with E-state index < -0.39 is 11.7 Å². The molecular weight excluding hydrogens is 357 g/mol. The molecule has 0 spiro atoms. The first-order chi connectivity index (χ1) is 11.8. The molecule has 1 N–H and O–H groups in total. The Labute approximate surface area is 146 Å². The highest BCUT2D eigenvalue weighted by molar-refractivity contribution is 6.30. The second-order valence-corrected chi connectivity index (χ2v) is 5.88. The molecule has 1 aliphatic rings. The van der Waals surface area contributed by atoms with Gasteiger partial charge in [0.05, 0.1) is 22.8 Å². The van der Waals surface area contributed by atoms with Crippen LogP contribution in [0, 0.1) is 0 Å². The van der Waals surface area contributed by atoms with Crippen LogP contribution in [0.15, 0.2) is 41.6 Å². The highest BCUT2D eigenvalue weighted by atomic mass is 35.5. The lowest BCUT2D eigenvalue weighted by molar-refractivity contribution is -0.137. The summed E-state index contributed by atoms with van der Waals surface area (Å²) >= 11 is 5.74. The third kappa shape index (κ3) is 3.58. The van der Waals surface area contributed by atoms with Gasteiger partial charge in [0.25, 0.3) is 5.91 Å². The van der Waals surface area contributed by atoms with Gasteiger partial charge in [0.15, 0.2) is 5.84 Å². The van der Waals surface area contributed by atoms with Crippen LogP contribution in [0.25, 0.3) is 11.3 Å². The summed E-state index contributed by atoms with van der Waals surface area (Å²) in [6, 6.07) is 6.75. The molecule has 0 atom stereocenters. The molecule has 0 aliphatic carbocycles. The zero-order valence-electron chi connectivity index (χ0n) is 12.9. The van der Waals surface area contributed by atoms with Crippen molar-refractivity contribution in [1.29, 1.82) is 0 Å². The molecule has 0 unspecified atom stereocenters. The van der Waals surface area contributed by atoms with Crippen LogP contribution < -0.4 is 5.43 Å². The normalized spacial score (nSPS) is 15.0. The number of likely N-dealkylation sites (N-methyl/N-ethyl adjacent to an activating group) is 1. The van der Waals surface area contributed by atoms with Crippen LogP contribution >= 0.6 is 11.6 Å². The van der Waals surface area contributed by atoms with Crippen LogP contribution in [0.5, 0.6) is 0 Å². The van der Waals surface area contributed by atoms with E-state index in [1.807, 2.05) is 0 Å². The minimum absolute atomic E-state index is 0.0146. The predicted molar refractivity (Wildman–Crippen MR) is 87.0 cm³/mol. The zero-order chi connectivity index (χ0) is 18.2. The van der Waals surface area contributed by atoms with Gasteiger partial charge in [-0.3, -0.25) is 9.78 Å². The van der Waals surface area contributed by atoms with Gasteiger partial charge in [-0.15, -0.1) is 0 Å². The van der Waals surface area contributed by atoms with E-state index in [-0.39, 0.29) is 35.1 Å². The Bertz CT molecular complexity index is 849. The van der Waals surface area contributed by atoms with E-state index in [2.05, 4.69) is 15.5 Å². The van der Waals surface area contributed by atoms with Gasteiger partial charge in [-0.2, -0.15) is 18.3 Å². The van der Waals surface area contributed by atoms with Crippen molar-refractivity contribution in [3.63, 3.8) is 0 Å². The Hall–Kier alpha value is -2.61. The van der Waals surface area contributed by atoms with Gasteiger partial charge >= 0.3 is 6.18 Å². The molecular formula is C16H12ClF3N4O. The van der Waals surface area contributed by atoms with Gasteiger partial charge < -0.3 is 4.90 Å². The number of nitrogens with zero attached hydrogens (tertiary/aromatic N) is 3. The number of pyridine rings is 1. The lowest BCUT2D eigenvalue weighted by atomic mass is 9.99. The van der Waals surface area contributed by atoms with Crippen molar-refractivity contribution in [2.75, 3.05) is 13.6 Å². The second kappa shape index (κ2) is 6.36. The first-order valence-electron chi connectivity index (χ1n) is 7.17. The summed E-state index contributed by atoms with van der Waals surface area (Å²) in [5.74, 6) is -0.0787. The molecule has 1 aromatic heterocycles. The number of amidine groups is 1. The van der Waals surface area contributed by atoms with E-state index >= 15 is 0 Å². The van der Waals surface area contributed by atoms with Crippen LogP contribution in [0.3, 0.4) is 0 Å². The molecule has 0 radical (unpaired) electrons. The minimum Gasteiger partial charge on any atom is -0.348 e. The second-order valence-electron chi connectivity index (χ2n) is 5.45. The van der Waals surface area contributed by atoms with Gasteiger partial charge in [0, 0.05) is 24.4 Å². The van der Waals surface area contributed by atoms with Crippen LogP contribution in [0.2, 0.25) is 5.02 Å². The number of alkyl halides is 3. The van der Waals surface area contributed by atoms with E-state index in [0.29, 0.717) is 5.02 Å². The van der Waals surface area contributed by atoms with Crippen LogP contribution in [-0.2, 0) is 11.0 Å². The van der Waals surface area contributed by atoms with Gasteiger partial charge in [-0.1, -0.05) is 23.7 Å². The third-order valence-electron chi connectivity index (χ3n) is 3.62. The summed E-state index contributed by atoms with van der Waals surface area (Å²) in [6.45, 7) is 0.0146. The number of carbonyl (C=O) groups excluding carboxylic acids is 1. The Kier molecular flexibility index (Phi) is 4.38. The molecule has 1 amide bonds. The summed E-state index contributed by atoms with van der Waals surface area (Å²) in [6.07, 6.45) is -3.29. The van der Waals surface area contributed by atoms with Crippen LogP contribution in [0.1, 0.15) is 11.1 Å². The first-order valence-corrected chi connectivity index (χ1v) is 7.55. The van der Waals surface area contributed by atoms with Crippen molar-refractivity contribution >= 4 is 23.3 Å². The number of hydrogen-bond acceptors (Lipinski definition) is 4. The first kappa shape index (κ1) is 17.2. The third-order valence-corrected chi connectivity index (χ3v) is 3.84. The fourth-order valence-corrected chi connectivity index (χ4v) is 2.60. The van der Waals surface area contributed by atoms with Gasteiger partial charge in [-0.05, 0) is 18.2 Å². The maximum absolute atomic E-state index is 13.5. The number of carbonyl (C=O) groups is 1. The SMILES string of the molecule is CN1CC(=O)NN=C1c1ccc(-c2ccc(Cl)cn2)c(C(F)(F)F)c1. The van der Waals surface area contributed by atoms with Gasteiger partial charge in [-0.25, -0.2) is 5.43 Å². The van der Waals surface area contributed by atoms with Crippen molar-refractivity contribution in [2.45, 2.75) is 6.18 Å². The largest absolute Gasteiger partial charge is 0.417 e. The number of hydrazone groups is 1. The van der Waals surface area contributed by atoms with E-state index in [1.165, 1.54) is 35.4 Å². The molecule has 1 aliphatic heterocycles. The van der Waals surface area contributed by atoms with Crippen LogP contribution in [0.4, 0.5) is 13.2 Å². The monoisotopic (exact) mass is 368 g/mol. The molecule has 0 saturated heterocycles. The Balaban J connectivity index is 2.10. The van der Waals surface area contributed by atoms with Crippen molar-refractivity contribution < 1.29 is 18.0 Å². The molecule has 1 aromatic carbocycles. The highest BCUT2D eigenvalue weighted by Crippen LogP contribution is 2.37. The highest BCUT2D eigenvalue weighted by Gasteiger charge is 2.35. The fourth-order valence-electron chi connectivity index (χ4n) is 2.49. The summed E-state index contributed by atoms with van der Waals surface area (Å²) in [7, 11) is 1.58. The summed E-state index contributed by atoms with van der Waals surface area (Å²) in [5, 5.41) is 4.18. The maximum Gasteiger partial charge on any atom is 0.417 e. The Morgan fingerprint density at radius 2 is 2.00 bits per heavy atom. The van der Waals surface area contributed by atoms with Gasteiger partial charge in [0.2, 0.25) is 0 Å². The van der Waals surface area contributed by atoms with E-state index in [4.69, 9.17) is 11.6 Å². The minimum atomic E-state index is -4.58. The lowest BCUT2D eigenvalue weighted by Gasteiger charge is -2.25. The fraction of sp³-hybridized carbons (Fsp3) is 0.188. The quantitative estimate of drug-likeness (QED) is 0.886. The molecule has 2 aromatic rings. The van der Waals surface area contributed by atoms with Crippen molar-refractivity contribution in [2.24, 2.45) is 5.10 Å². The van der Waals surface area contributed by atoms with Crippen LogP contribution in [-0.4, -0.2) is 35.2 Å². The molecule has 3 rings (SSSR count). The molecule has 0 bridgehead atoms. The number of aromatic nitrogens is 1. The predicted octanol–water partition coefficient (Wildman–Crippen LogP) is 3.14. The summed E-state index contributed by atoms with van der Waals surface area (Å²) in [4.78, 5) is 16.7. The van der Waals surface area contributed by atoms with E-state index in [1.54, 1.807) is 7.05 Å². The molecule has 25 heavy (non-hydrogen) atoms. The molecule has 0 saturated carbocycles. The number of rotatable bonds is 2. The molecule has 130 valence electrons. The number of hydrogen-bond donors (Lipinski definition) is 1. The number of benzene rings is 1. The van der Waals surface area contributed by atoms with Crippen molar-refractivity contribution in [3.8, 4) is 11.3 Å². The van der Waals surface area contributed by atoms with Gasteiger partial charge in [0.1, 0.15) is 0 Å². The Morgan fingerprint density at radius 3 is 2.60 bits per heavy atom. The average molecular weight is 369 g/mol. The van der Waals surface area contributed by atoms with Crippen molar-refractivity contribution in [3.05, 3.63) is 52.7 Å². The molecule has 0 fully saturated rings. The maximum atomic E-state index is 13.5. The lowest BCUT2D eigenvalue weighted by Crippen LogP contribution is -2.43. The number of halogens is 4. The molecule has 2 heterocycles.